The molecule has 0 atom stereocenters. The average molecular weight is 411 g/mol. The standard InChI is InChI=1S/C23H25NO6/c1-15-5-6-16(11-19(15)27-2)12-22(26)28-14-21(25)24-17-7-8-18-20(13-17)30-23(29-18)9-3-4-10-23/h5-8,11,13H,3-4,9-10,12,14H2,1-2H3,(H,24,25). The molecule has 0 unspecified atom stereocenters. The second-order valence-corrected chi connectivity index (χ2v) is 7.67. The zero-order valence-corrected chi connectivity index (χ0v) is 17.2. The first-order valence-corrected chi connectivity index (χ1v) is 10.1. The zero-order chi connectivity index (χ0) is 21.1. The molecule has 1 aliphatic carbocycles. The lowest BCUT2D eigenvalue weighted by molar-refractivity contribution is -0.146. The van der Waals surface area contributed by atoms with Crippen molar-refractivity contribution in [3.8, 4) is 17.2 Å². The van der Waals surface area contributed by atoms with Crippen molar-refractivity contribution in [2.45, 2.75) is 44.8 Å². The van der Waals surface area contributed by atoms with Crippen LogP contribution in [0.5, 0.6) is 17.2 Å². The number of anilines is 1. The highest BCUT2D eigenvalue weighted by Crippen LogP contribution is 2.47. The van der Waals surface area contributed by atoms with Crippen molar-refractivity contribution in [3.05, 3.63) is 47.5 Å². The molecular formula is C23H25NO6. The Kier molecular flexibility index (Phi) is 5.53. The Morgan fingerprint density at radius 1 is 1.07 bits per heavy atom. The van der Waals surface area contributed by atoms with Crippen LogP contribution in [0.1, 0.15) is 36.8 Å². The van der Waals surface area contributed by atoms with Crippen molar-refractivity contribution in [3.63, 3.8) is 0 Å². The maximum absolute atomic E-state index is 12.2. The van der Waals surface area contributed by atoms with E-state index in [2.05, 4.69) is 5.32 Å². The molecule has 0 bridgehead atoms. The number of aryl methyl sites for hydroxylation is 1. The normalized spacial score (nSPS) is 15.8. The van der Waals surface area contributed by atoms with Gasteiger partial charge in [0.05, 0.1) is 13.5 Å². The Bertz CT molecular complexity index is 964. The van der Waals surface area contributed by atoms with Crippen LogP contribution >= 0.6 is 0 Å². The summed E-state index contributed by atoms with van der Waals surface area (Å²) >= 11 is 0. The first kappa shape index (κ1) is 20.1. The highest BCUT2D eigenvalue weighted by molar-refractivity contribution is 5.93. The Morgan fingerprint density at radius 3 is 2.60 bits per heavy atom. The minimum atomic E-state index is -0.543. The van der Waals surface area contributed by atoms with Crippen LogP contribution in [0.15, 0.2) is 36.4 Å². The Hall–Kier alpha value is -3.22. The van der Waals surface area contributed by atoms with E-state index in [0.29, 0.717) is 22.9 Å². The van der Waals surface area contributed by atoms with E-state index in [0.717, 1.165) is 36.8 Å². The van der Waals surface area contributed by atoms with Gasteiger partial charge in [-0.1, -0.05) is 12.1 Å². The number of nitrogens with one attached hydrogen (secondary N) is 1. The second kappa shape index (κ2) is 8.26. The molecule has 1 saturated carbocycles. The summed E-state index contributed by atoms with van der Waals surface area (Å²) < 4.78 is 22.3. The zero-order valence-electron chi connectivity index (χ0n) is 17.2. The molecule has 1 fully saturated rings. The van der Waals surface area contributed by atoms with Gasteiger partial charge in [0, 0.05) is 24.6 Å². The molecule has 7 heteroatoms. The van der Waals surface area contributed by atoms with Gasteiger partial charge in [-0.15, -0.1) is 0 Å². The molecule has 1 N–H and O–H groups in total. The van der Waals surface area contributed by atoms with Gasteiger partial charge in [-0.05, 0) is 49.1 Å². The molecule has 1 amide bonds. The van der Waals surface area contributed by atoms with E-state index in [9.17, 15) is 9.59 Å². The van der Waals surface area contributed by atoms with Gasteiger partial charge in [0.2, 0.25) is 0 Å². The number of hydrogen-bond donors (Lipinski definition) is 1. The van der Waals surface area contributed by atoms with E-state index in [-0.39, 0.29) is 13.0 Å². The van der Waals surface area contributed by atoms with Crippen LogP contribution in [0.3, 0.4) is 0 Å². The third-order valence-electron chi connectivity index (χ3n) is 5.37. The van der Waals surface area contributed by atoms with E-state index < -0.39 is 17.7 Å². The van der Waals surface area contributed by atoms with Crippen LogP contribution in [0.25, 0.3) is 0 Å². The quantitative estimate of drug-likeness (QED) is 0.729. The summed E-state index contributed by atoms with van der Waals surface area (Å²) in [4.78, 5) is 24.3. The Morgan fingerprint density at radius 2 is 1.83 bits per heavy atom. The number of esters is 1. The highest BCUT2D eigenvalue weighted by atomic mass is 16.7. The fraction of sp³-hybridized carbons (Fsp3) is 0.391. The molecule has 4 rings (SSSR count). The van der Waals surface area contributed by atoms with Gasteiger partial charge in [0.1, 0.15) is 5.75 Å². The van der Waals surface area contributed by atoms with E-state index in [1.165, 1.54) is 0 Å². The molecule has 0 saturated heterocycles. The van der Waals surface area contributed by atoms with Crippen LogP contribution in [0.2, 0.25) is 0 Å². The molecule has 30 heavy (non-hydrogen) atoms. The highest BCUT2D eigenvalue weighted by Gasteiger charge is 2.44. The van der Waals surface area contributed by atoms with Crippen LogP contribution in [-0.2, 0) is 20.7 Å². The van der Waals surface area contributed by atoms with Crippen molar-refractivity contribution >= 4 is 17.6 Å². The number of hydrogen-bond acceptors (Lipinski definition) is 6. The number of benzene rings is 2. The number of carbonyl (C=O) groups is 2. The summed E-state index contributed by atoms with van der Waals surface area (Å²) in [6.07, 6.45) is 3.96. The van der Waals surface area contributed by atoms with Crippen molar-refractivity contribution in [1.82, 2.24) is 0 Å². The molecule has 2 aromatic rings. The first-order valence-electron chi connectivity index (χ1n) is 10.1. The minimum absolute atomic E-state index is 0.0655. The topological polar surface area (TPSA) is 83.1 Å². The Labute approximate surface area is 175 Å². The summed E-state index contributed by atoms with van der Waals surface area (Å²) in [6.45, 7) is 1.56. The summed E-state index contributed by atoms with van der Waals surface area (Å²) in [6, 6.07) is 10.8. The molecule has 1 heterocycles. The fourth-order valence-corrected chi connectivity index (χ4v) is 3.82. The van der Waals surface area contributed by atoms with Gasteiger partial charge in [-0.25, -0.2) is 0 Å². The fourth-order valence-electron chi connectivity index (χ4n) is 3.82. The molecule has 1 aliphatic heterocycles. The van der Waals surface area contributed by atoms with Crippen molar-refractivity contribution in [1.29, 1.82) is 0 Å². The van der Waals surface area contributed by atoms with Crippen molar-refractivity contribution < 1.29 is 28.5 Å². The van der Waals surface area contributed by atoms with Crippen LogP contribution in [0.4, 0.5) is 5.69 Å². The van der Waals surface area contributed by atoms with Crippen molar-refractivity contribution in [2.75, 3.05) is 19.0 Å². The third kappa shape index (κ3) is 4.35. The lowest BCUT2D eigenvalue weighted by Crippen LogP contribution is -2.34. The maximum atomic E-state index is 12.2. The minimum Gasteiger partial charge on any atom is -0.496 e. The van der Waals surface area contributed by atoms with Crippen molar-refractivity contribution in [2.24, 2.45) is 0 Å². The van der Waals surface area contributed by atoms with E-state index >= 15 is 0 Å². The number of rotatable bonds is 6. The second-order valence-electron chi connectivity index (χ2n) is 7.67. The molecule has 7 nitrogen and oxygen atoms in total. The van der Waals surface area contributed by atoms with E-state index in [1.807, 2.05) is 19.1 Å². The number of ether oxygens (including phenoxy) is 4. The summed E-state index contributed by atoms with van der Waals surface area (Å²) in [5.74, 6) is 0.582. The monoisotopic (exact) mass is 411 g/mol. The molecule has 0 radical (unpaired) electrons. The number of methoxy groups -OCH3 is 1. The van der Waals surface area contributed by atoms with E-state index in [1.54, 1.807) is 31.4 Å². The lowest BCUT2D eigenvalue weighted by Gasteiger charge is -2.21. The van der Waals surface area contributed by atoms with Gasteiger partial charge in [-0.3, -0.25) is 9.59 Å². The summed E-state index contributed by atoms with van der Waals surface area (Å²) in [5.41, 5.74) is 2.31. The predicted octanol–water partition coefficient (Wildman–Crippen LogP) is 3.77. The summed E-state index contributed by atoms with van der Waals surface area (Å²) in [7, 11) is 1.58. The van der Waals surface area contributed by atoms with Crippen LogP contribution in [0, 0.1) is 6.92 Å². The Balaban J connectivity index is 1.28. The SMILES string of the molecule is COc1cc(CC(=O)OCC(=O)Nc2ccc3c(c2)OC2(CCCC2)O3)ccc1C. The first-order chi connectivity index (χ1) is 14.5. The van der Waals surface area contributed by atoms with E-state index in [4.69, 9.17) is 18.9 Å². The molecule has 158 valence electrons. The van der Waals surface area contributed by atoms with Gasteiger partial charge in [0.25, 0.3) is 11.7 Å². The number of amides is 1. The average Bonchev–Trinajstić information content (AvgIpc) is 3.33. The largest absolute Gasteiger partial charge is 0.496 e. The number of carbonyl (C=O) groups excluding carboxylic acids is 2. The maximum Gasteiger partial charge on any atom is 0.310 e. The smallest absolute Gasteiger partial charge is 0.310 e. The third-order valence-corrected chi connectivity index (χ3v) is 5.37. The van der Waals surface area contributed by atoms with Gasteiger partial charge < -0.3 is 24.3 Å². The molecule has 2 aromatic carbocycles. The van der Waals surface area contributed by atoms with Crippen LogP contribution in [-0.4, -0.2) is 31.4 Å². The molecule has 0 aromatic heterocycles. The molecule has 2 aliphatic rings. The molecular weight excluding hydrogens is 386 g/mol. The predicted molar refractivity (Wildman–Crippen MR) is 110 cm³/mol. The molecule has 1 spiro atoms. The van der Waals surface area contributed by atoms with Gasteiger partial charge in [-0.2, -0.15) is 0 Å². The number of fused-ring (bicyclic) bond motifs is 1. The summed E-state index contributed by atoms with van der Waals surface area (Å²) in [5, 5.41) is 2.72. The van der Waals surface area contributed by atoms with Gasteiger partial charge in [0.15, 0.2) is 18.1 Å². The van der Waals surface area contributed by atoms with Gasteiger partial charge >= 0.3 is 5.97 Å². The van der Waals surface area contributed by atoms with Crippen LogP contribution < -0.4 is 19.5 Å². The lowest BCUT2D eigenvalue weighted by atomic mass is 10.1.